The fourth-order valence-corrected chi connectivity index (χ4v) is 2.69. The molecule has 0 saturated carbocycles. The van der Waals surface area contributed by atoms with Crippen molar-refractivity contribution in [2.75, 3.05) is 47.5 Å². The maximum absolute atomic E-state index is 12.1. The zero-order chi connectivity index (χ0) is 21.2. The molecule has 0 heterocycles. The van der Waals surface area contributed by atoms with Crippen molar-refractivity contribution in [1.29, 1.82) is 0 Å². The number of quaternary nitrogens is 1. The van der Waals surface area contributed by atoms with Crippen LogP contribution in [0, 0.1) is 0 Å². The summed E-state index contributed by atoms with van der Waals surface area (Å²) in [5.41, 5.74) is 0.302. The van der Waals surface area contributed by atoms with Crippen molar-refractivity contribution in [2.24, 2.45) is 0 Å². The van der Waals surface area contributed by atoms with Crippen molar-refractivity contribution in [3.8, 4) is 0 Å². The quantitative estimate of drug-likeness (QED) is 0.238. The topological polar surface area (TPSA) is 108 Å². The van der Waals surface area contributed by atoms with E-state index in [-0.39, 0.29) is 6.61 Å². The van der Waals surface area contributed by atoms with E-state index < -0.39 is 39.1 Å². The van der Waals surface area contributed by atoms with Crippen molar-refractivity contribution in [3.63, 3.8) is 0 Å². The molecule has 156 valence electrons. The summed E-state index contributed by atoms with van der Waals surface area (Å²) >= 11 is 0. The maximum atomic E-state index is 12.1. The van der Waals surface area contributed by atoms with Crippen molar-refractivity contribution in [3.05, 3.63) is 48.6 Å². The van der Waals surface area contributed by atoms with Crippen molar-refractivity contribution in [2.45, 2.75) is 6.10 Å². The average Bonchev–Trinajstić information content (AvgIpc) is 2.62. The molecule has 1 rings (SSSR count). The third-order valence-electron chi connectivity index (χ3n) is 3.29. The summed E-state index contributed by atoms with van der Waals surface area (Å²) in [5.74, 6) is -1.40. The monoisotopic (exact) mass is 416 g/mol. The number of ether oxygens (including phenoxy) is 2. The second kappa shape index (κ2) is 11.1. The van der Waals surface area contributed by atoms with Gasteiger partial charge in [-0.05, 0) is 12.1 Å². The first-order chi connectivity index (χ1) is 13.0. The van der Waals surface area contributed by atoms with Crippen LogP contribution in [0.25, 0.3) is 0 Å². The van der Waals surface area contributed by atoms with Gasteiger partial charge in [-0.15, -0.1) is 0 Å². The molecule has 0 amide bonds. The van der Waals surface area contributed by atoms with E-state index in [1.807, 2.05) is 21.1 Å². The van der Waals surface area contributed by atoms with E-state index in [1.54, 1.807) is 30.3 Å². The molecule has 1 N–H and O–H groups in total. The van der Waals surface area contributed by atoms with E-state index in [0.29, 0.717) is 16.6 Å². The summed E-state index contributed by atoms with van der Waals surface area (Å²) in [5, 5.41) is 0. The molecule has 0 bridgehead atoms. The summed E-state index contributed by atoms with van der Waals surface area (Å²) in [4.78, 5) is 33.2. The molecule has 28 heavy (non-hydrogen) atoms. The van der Waals surface area contributed by atoms with Gasteiger partial charge in [0.15, 0.2) is 0 Å². The van der Waals surface area contributed by atoms with Gasteiger partial charge < -0.3 is 18.9 Å². The van der Waals surface area contributed by atoms with E-state index >= 15 is 0 Å². The minimum atomic E-state index is -4.45. The Bertz CT molecular complexity index is 701. The third-order valence-corrected chi connectivity index (χ3v) is 4.36. The highest BCUT2D eigenvalue weighted by Crippen LogP contribution is 2.44. The molecule has 0 aliphatic rings. The van der Waals surface area contributed by atoms with Crippen LogP contribution in [0.2, 0.25) is 0 Å². The molecule has 0 aliphatic carbocycles. The lowest BCUT2D eigenvalue weighted by molar-refractivity contribution is -0.870. The zero-order valence-electron chi connectivity index (χ0n) is 16.3. The number of phosphoric acid groups is 1. The molecule has 2 atom stereocenters. The van der Waals surface area contributed by atoms with Gasteiger partial charge in [0.05, 0.1) is 26.7 Å². The Morgan fingerprint density at radius 1 is 1.18 bits per heavy atom. The van der Waals surface area contributed by atoms with Crippen LogP contribution in [0.1, 0.15) is 10.4 Å². The van der Waals surface area contributed by atoms with Crippen LogP contribution in [0.4, 0.5) is 0 Å². The number of esters is 2. The van der Waals surface area contributed by atoms with Crippen LogP contribution < -0.4 is 0 Å². The normalized spacial score (nSPS) is 14.6. The van der Waals surface area contributed by atoms with Crippen LogP contribution in [0.3, 0.4) is 0 Å². The first kappa shape index (κ1) is 24.0. The number of nitrogens with zero attached hydrogens (tertiary/aromatic N) is 1. The zero-order valence-corrected chi connectivity index (χ0v) is 17.2. The molecule has 9 nitrogen and oxygen atoms in total. The van der Waals surface area contributed by atoms with Crippen LogP contribution in [-0.4, -0.2) is 74.9 Å². The lowest BCUT2D eigenvalue weighted by Gasteiger charge is -2.25. The highest BCUT2D eigenvalue weighted by molar-refractivity contribution is 7.47. The maximum Gasteiger partial charge on any atom is 0.472 e. The van der Waals surface area contributed by atoms with E-state index in [0.717, 1.165) is 6.08 Å². The largest absolute Gasteiger partial charge is 0.472 e. The fraction of sp³-hybridized carbons (Fsp3) is 0.444. The summed E-state index contributed by atoms with van der Waals surface area (Å²) in [6, 6.07) is 8.19. The summed E-state index contributed by atoms with van der Waals surface area (Å²) in [6.07, 6.45) is -0.264. The summed E-state index contributed by atoms with van der Waals surface area (Å²) in [7, 11) is 1.23. The highest BCUT2D eigenvalue weighted by atomic mass is 31.2. The van der Waals surface area contributed by atoms with Gasteiger partial charge in [0.2, 0.25) is 0 Å². The fourth-order valence-electron chi connectivity index (χ4n) is 1.82. The lowest BCUT2D eigenvalue weighted by atomic mass is 10.2. The Kier molecular flexibility index (Phi) is 9.51. The molecule has 0 aliphatic heterocycles. The Morgan fingerprint density at radius 3 is 2.36 bits per heavy atom. The Labute approximate surface area is 164 Å². The van der Waals surface area contributed by atoms with Gasteiger partial charge in [0.1, 0.15) is 32.5 Å². The third kappa shape index (κ3) is 10.3. The molecular weight excluding hydrogens is 389 g/mol. The second-order valence-electron chi connectivity index (χ2n) is 6.84. The van der Waals surface area contributed by atoms with E-state index in [9.17, 15) is 19.0 Å². The minimum absolute atomic E-state index is 0.0275. The molecule has 0 fully saturated rings. The number of carbonyl (C=O) groups excluding carboxylic acids is 2. The number of hydrogen-bond donors (Lipinski definition) is 1. The first-order valence-electron chi connectivity index (χ1n) is 8.50. The lowest BCUT2D eigenvalue weighted by Crippen LogP contribution is -2.37. The van der Waals surface area contributed by atoms with Gasteiger partial charge in [0.25, 0.3) is 0 Å². The van der Waals surface area contributed by atoms with E-state index in [1.165, 1.54) is 0 Å². The Balaban J connectivity index is 2.67. The van der Waals surface area contributed by atoms with Gasteiger partial charge in [0, 0.05) is 6.08 Å². The van der Waals surface area contributed by atoms with Gasteiger partial charge in [-0.1, -0.05) is 24.8 Å². The number of phosphoric ester groups is 1. The number of carbonyl (C=O) groups is 2. The standard InChI is InChI=1S/C18H26NO8P/c1-5-17(20)24-13-16(14-25-18(21)15-9-7-6-8-10-15)27-28(22,23)26-12-11-19(2,3)4/h5-10,16H,1,11-14H2,2-4H3/p+1. The molecular formula is C18H27NO8P+. The van der Waals surface area contributed by atoms with Crippen LogP contribution in [0.5, 0.6) is 0 Å². The summed E-state index contributed by atoms with van der Waals surface area (Å²) in [6.45, 7) is 2.86. The van der Waals surface area contributed by atoms with E-state index in [2.05, 4.69) is 6.58 Å². The SMILES string of the molecule is C=CC(=O)OCC(COC(=O)c1ccccc1)OP(=O)(O)OCC[N+](C)(C)C. The second-order valence-corrected chi connectivity index (χ2v) is 8.25. The smallest absolute Gasteiger partial charge is 0.460 e. The number of rotatable bonds is 12. The van der Waals surface area contributed by atoms with Gasteiger partial charge in [-0.3, -0.25) is 9.05 Å². The van der Waals surface area contributed by atoms with Gasteiger partial charge in [-0.2, -0.15) is 0 Å². The van der Waals surface area contributed by atoms with Crippen molar-refractivity contribution < 1.29 is 42.1 Å². The predicted octanol–water partition coefficient (Wildman–Crippen LogP) is 1.78. The molecule has 2 unspecified atom stereocenters. The van der Waals surface area contributed by atoms with Crippen LogP contribution in [-0.2, 0) is 27.9 Å². The van der Waals surface area contributed by atoms with E-state index in [4.69, 9.17) is 18.5 Å². The Morgan fingerprint density at radius 2 is 1.79 bits per heavy atom. The molecule has 0 saturated heterocycles. The minimum Gasteiger partial charge on any atom is -0.460 e. The van der Waals surface area contributed by atoms with Gasteiger partial charge >= 0.3 is 19.8 Å². The number of likely N-dealkylation sites (N-methyl/N-ethyl adjacent to an activating group) is 1. The molecule has 0 aromatic heterocycles. The summed E-state index contributed by atoms with van der Waals surface area (Å²) < 4.78 is 32.5. The molecule has 1 aromatic carbocycles. The number of benzene rings is 1. The predicted molar refractivity (Wildman–Crippen MR) is 101 cm³/mol. The average molecular weight is 416 g/mol. The first-order valence-corrected chi connectivity index (χ1v) is 9.99. The van der Waals surface area contributed by atoms with Crippen molar-refractivity contribution in [1.82, 2.24) is 0 Å². The van der Waals surface area contributed by atoms with Crippen LogP contribution >= 0.6 is 7.82 Å². The number of hydrogen-bond acceptors (Lipinski definition) is 7. The highest BCUT2D eigenvalue weighted by Gasteiger charge is 2.29. The molecule has 0 spiro atoms. The Hall–Kier alpha value is -2.03. The van der Waals surface area contributed by atoms with Crippen LogP contribution in [0.15, 0.2) is 43.0 Å². The molecule has 0 radical (unpaired) electrons. The van der Waals surface area contributed by atoms with Crippen molar-refractivity contribution >= 4 is 19.8 Å². The van der Waals surface area contributed by atoms with Gasteiger partial charge in [-0.25, -0.2) is 14.2 Å². The molecule has 10 heteroatoms. The molecule has 1 aromatic rings.